The van der Waals surface area contributed by atoms with E-state index in [1.165, 1.54) is 0 Å². The summed E-state index contributed by atoms with van der Waals surface area (Å²) in [6, 6.07) is 7.05. The summed E-state index contributed by atoms with van der Waals surface area (Å²) in [6.45, 7) is 0.0352. The zero-order valence-corrected chi connectivity index (χ0v) is 9.44. The van der Waals surface area contributed by atoms with Gasteiger partial charge >= 0.3 is 9.33 Å². The van der Waals surface area contributed by atoms with Gasteiger partial charge in [-0.05, 0) is 24.1 Å². The molecule has 1 aromatic carbocycles. The van der Waals surface area contributed by atoms with Gasteiger partial charge in [-0.1, -0.05) is 23.7 Å². The third kappa shape index (κ3) is 4.81. The second-order valence-corrected chi connectivity index (χ2v) is 5.18. The van der Waals surface area contributed by atoms with Crippen molar-refractivity contribution < 1.29 is 12.6 Å². The van der Waals surface area contributed by atoms with Crippen molar-refractivity contribution in [3.05, 3.63) is 34.9 Å². The summed E-state index contributed by atoms with van der Waals surface area (Å²) >= 11 is 5.67. The lowest BCUT2D eigenvalue weighted by Crippen LogP contribution is -2.01. The summed E-state index contributed by atoms with van der Waals surface area (Å²) in [7, 11) is 0.997. The van der Waals surface area contributed by atoms with Gasteiger partial charge in [-0.15, -0.1) is 0 Å². The zero-order chi connectivity index (χ0) is 10.6. The Bertz CT molecular complexity index is 386. The monoisotopic (exact) mass is 254 g/mol. The maximum Gasteiger partial charge on any atom is 0.355 e. The molecule has 0 fully saturated rings. The van der Waals surface area contributed by atoms with Gasteiger partial charge in [-0.25, -0.2) is 0 Å². The number of halogens is 2. The van der Waals surface area contributed by atoms with E-state index in [0.29, 0.717) is 11.4 Å². The van der Waals surface area contributed by atoms with Crippen molar-refractivity contribution in [2.24, 2.45) is 0 Å². The van der Waals surface area contributed by atoms with Gasteiger partial charge in [-0.2, -0.15) is 8.42 Å². The molecule has 0 unspecified atom stereocenters. The van der Waals surface area contributed by atoms with Gasteiger partial charge in [0.05, 0.1) is 6.61 Å². The SMILES string of the molecule is O=S(=O)(Cl)OCCc1ccc(Cl)cc1. The highest BCUT2D eigenvalue weighted by molar-refractivity contribution is 8.09. The third-order valence-corrected chi connectivity index (χ3v) is 2.50. The van der Waals surface area contributed by atoms with Crippen LogP contribution in [0.15, 0.2) is 24.3 Å². The molecule has 1 rings (SSSR count). The second-order valence-electron chi connectivity index (χ2n) is 2.59. The molecule has 3 nitrogen and oxygen atoms in total. The molecule has 0 saturated heterocycles. The molecular formula is C8H8Cl2O3S. The minimum atomic E-state index is -3.86. The van der Waals surface area contributed by atoms with Crippen LogP contribution in [0.25, 0.3) is 0 Å². The van der Waals surface area contributed by atoms with Gasteiger partial charge in [0, 0.05) is 15.7 Å². The molecule has 6 heteroatoms. The van der Waals surface area contributed by atoms with E-state index in [9.17, 15) is 8.42 Å². The second kappa shape index (κ2) is 4.98. The largest absolute Gasteiger partial charge is 0.355 e. The molecule has 0 heterocycles. The molecule has 0 N–H and O–H groups in total. The maximum atomic E-state index is 10.4. The van der Waals surface area contributed by atoms with E-state index in [-0.39, 0.29) is 6.61 Å². The summed E-state index contributed by atoms with van der Waals surface area (Å²) in [5, 5.41) is 0.639. The minimum Gasteiger partial charge on any atom is -0.258 e. The Balaban J connectivity index is 2.43. The van der Waals surface area contributed by atoms with Crippen molar-refractivity contribution in [1.82, 2.24) is 0 Å². The van der Waals surface area contributed by atoms with Crippen molar-refractivity contribution in [3.63, 3.8) is 0 Å². The average Bonchev–Trinajstić information content (AvgIpc) is 2.06. The van der Waals surface area contributed by atoms with Crippen molar-refractivity contribution in [2.75, 3.05) is 6.61 Å². The lowest BCUT2D eigenvalue weighted by Gasteiger charge is -2.00. The maximum absolute atomic E-state index is 10.4. The van der Waals surface area contributed by atoms with Crippen molar-refractivity contribution >= 4 is 31.6 Å². The molecule has 0 saturated carbocycles. The van der Waals surface area contributed by atoms with Crippen LogP contribution in [0.5, 0.6) is 0 Å². The summed E-state index contributed by atoms with van der Waals surface area (Å²) in [4.78, 5) is 0. The number of rotatable bonds is 4. The van der Waals surface area contributed by atoms with E-state index in [4.69, 9.17) is 22.3 Å². The average molecular weight is 255 g/mol. The summed E-state index contributed by atoms with van der Waals surface area (Å²) < 4.78 is 25.2. The van der Waals surface area contributed by atoms with Crippen molar-refractivity contribution in [3.8, 4) is 0 Å². The highest BCUT2D eigenvalue weighted by atomic mass is 35.7. The predicted molar refractivity (Wildman–Crippen MR) is 55.9 cm³/mol. The van der Waals surface area contributed by atoms with E-state index in [0.717, 1.165) is 5.56 Å². The predicted octanol–water partition coefficient (Wildman–Crippen LogP) is 2.38. The number of hydrogen-bond acceptors (Lipinski definition) is 3. The first-order chi connectivity index (χ1) is 6.47. The van der Waals surface area contributed by atoms with Crippen LogP contribution in [0.1, 0.15) is 5.56 Å². The van der Waals surface area contributed by atoms with Gasteiger partial charge in [-0.3, -0.25) is 4.18 Å². The number of benzene rings is 1. The van der Waals surface area contributed by atoms with E-state index in [1.54, 1.807) is 24.3 Å². The van der Waals surface area contributed by atoms with Crippen LogP contribution in [0.2, 0.25) is 5.02 Å². The smallest absolute Gasteiger partial charge is 0.258 e. The molecule has 0 radical (unpaired) electrons. The summed E-state index contributed by atoms with van der Waals surface area (Å²) in [6.07, 6.45) is 0.475. The normalized spacial score (nSPS) is 11.6. The summed E-state index contributed by atoms with van der Waals surface area (Å²) in [5.74, 6) is 0. The molecule has 0 spiro atoms. The van der Waals surface area contributed by atoms with Crippen LogP contribution in [-0.2, 0) is 19.9 Å². The Labute approximate surface area is 92.2 Å². The molecule has 0 bridgehead atoms. The van der Waals surface area contributed by atoms with Crippen molar-refractivity contribution in [1.29, 1.82) is 0 Å². The molecule has 0 atom stereocenters. The van der Waals surface area contributed by atoms with Crippen LogP contribution < -0.4 is 0 Å². The van der Waals surface area contributed by atoms with E-state index in [2.05, 4.69) is 4.18 Å². The van der Waals surface area contributed by atoms with E-state index in [1.807, 2.05) is 0 Å². The van der Waals surface area contributed by atoms with E-state index < -0.39 is 9.33 Å². The van der Waals surface area contributed by atoms with Crippen LogP contribution in [0.4, 0.5) is 0 Å². The Morgan fingerprint density at radius 2 is 1.79 bits per heavy atom. The van der Waals surface area contributed by atoms with Crippen LogP contribution in [0, 0.1) is 0 Å². The molecule has 14 heavy (non-hydrogen) atoms. The molecule has 0 aliphatic carbocycles. The first-order valence-electron chi connectivity index (χ1n) is 3.81. The molecule has 0 amide bonds. The minimum absolute atomic E-state index is 0.0352. The Morgan fingerprint density at radius 1 is 1.21 bits per heavy atom. The van der Waals surface area contributed by atoms with Gasteiger partial charge in [0.1, 0.15) is 0 Å². The fourth-order valence-corrected chi connectivity index (χ4v) is 1.51. The lowest BCUT2D eigenvalue weighted by atomic mass is 10.2. The zero-order valence-electron chi connectivity index (χ0n) is 7.11. The summed E-state index contributed by atoms with van der Waals surface area (Å²) in [5.41, 5.74) is 0.940. The molecule has 1 aromatic rings. The fraction of sp³-hybridized carbons (Fsp3) is 0.250. The Hall–Kier alpha value is -0.290. The highest BCUT2D eigenvalue weighted by Gasteiger charge is 2.04. The third-order valence-electron chi connectivity index (χ3n) is 1.53. The van der Waals surface area contributed by atoms with Gasteiger partial charge in [0.15, 0.2) is 0 Å². The van der Waals surface area contributed by atoms with Gasteiger partial charge in [0.2, 0.25) is 0 Å². The lowest BCUT2D eigenvalue weighted by molar-refractivity contribution is 0.332. The number of hydrogen-bond donors (Lipinski definition) is 0. The highest BCUT2D eigenvalue weighted by Crippen LogP contribution is 2.10. The molecule has 0 aliphatic rings. The standard InChI is InChI=1S/C8H8Cl2O3S/c9-8-3-1-7(2-4-8)5-6-13-14(10,11)12/h1-4H,5-6H2. The van der Waals surface area contributed by atoms with Gasteiger partial charge < -0.3 is 0 Å². The topological polar surface area (TPSA) is 43.4 Å². The Kier molecular flexibility index (Phi) is 4.19. The van der Waals surface area contributed by atoms with Crippen molar-refractivity contribution in [2.45, 2.75) is 6.42 Å². The van der Waals surface area contributed by atoms with E-state index >= 15 is 0 Å². The molecule has 0 aliphatic heterocycles. The van der Waals surface area contributed by atoms with Gasteiger partial charge in [0.25, 0.3) is 0 Å². The van der Waals surface area contributed by atoms with Crippen LogP contribution in [0.3, 0.4) is 0 Å². The fourth-order valence-electron chi connectivity index (χ4n) is 0.910. The first-order valence-corrected chi connectivity index (χ1v) is 6.42. The first kappa shape index (κ1) is 11.8. The van der Waals surface area contributed by atoms with Crippen LogP contribution >= 0.6 is 22.3 Å². The Morgan fingerprint density at radius 3 is 2.29 bits per heavy atom. The van der Waals surface area contributed by atoms with Crippen LogP contribution in [-0.4, -0.2) is 15.0 Å². The molecular weight excluding hydrogens is 247 g/mol. The molecule has 0 aromatic heterocycles. The quantitative estimate of drug-likeness (QED) is 0.776. The molecule has 78 valence electrons.